The van der Waals surface area contributed by atoms with Crippen molar-refractivity contribution >= 4 is 11.9 Å². The number of likely N-dealkylation sites (tertiary alicyclic amines) is 2. The van der Waals surface area contributed by atoms with Crippen LogP contribution in [0.25, 0.3) is 0 Å². The molecule has 5 nitrogen and oxygen atoms in total. The molecule has 2 heterocycles. The summed E-state index contributed by atoms with van der Waals surface area (Å²) >= 11 is 0. The lowest BCUT2D eigenvalue weighted by Gasteiger charge is -2.42. The third-order valence-electron chi connectivity index (χ3n) is 4.94. The smallest absolute Gasteiger partial charge is 0.320 e. The molecule has 2 saturated heterocycles. The fourth-order valence-corrected chi connectivity index (χ4v) is 3.66. The second-order valence-corrected chi connectivity index (χ2v) is 6.31. The molecule has 0 aromatic heterocycles. The molecule has 1 atom stereocenters. The van der Waals surface area contributed by atoms with E-state index >= 15 is 0 Å². The number of rotatable bonds is 2. The first-order chi connectivity index (χ1) is 10.6. The zero-order valence-corrected chi connectivity index (χ0v) is 12.8. The number of hydrogen-bond acceptors (Lipinski definition) is 2. The second kappa shape index (κ2) is 5.99. The summed E-state index contributed by atoms with van der Waals surface area (Å²) in [5, 5.41) is 0. The highest BCUT2D eigenvalue weighted by atomic mass is 16.2. The molecule has 2 aliphatic heterocycles. The fraction of sp³-hybridized carbons (Fsp3) is 0.529. The van der Waals surface area contributed by atoms with Gasteiger partial charge in [-0.2, -0.15) is 0 Å². The van der Waals surface area contributed by atoms with E-state index in [1.807, 2.05) is 40.1 Å². The van der Waals surface area contributed by atoms with E-state index < -0.39 is 5.41 Å². The molecule has 0 bridgehead atoms. The van der Waals surface area contributed by atoms with Crippen LogP contribution in [0, 0.1) is 0 Å². The summed E-state index contributed by atoms with van der Waals surface area (Å²) in [4.78, 5) is 28.6. The van der Waals surface area contributed by atoms with Crippen LogP contribution < -0.4 is 5.73 Å². The molecule has 0 aliphatic carbocycles. The maximum absolute atomic E-state index is 12.6. The largest absolute Gasteiger partial charge is 0.369 e. The molecule has 118 valence electrons. The van der Waals surface area contributed by atoms with Crippen molar-refractivity contribution in [2.45, 2.75) is 31.1 Å². The summed E-state index contributed by atoms with van der Waals surface area (Å²) in [5.41, 5.74) is 5.92. The lowest BCUT2D eigenvalue weighted by molar-refractivity contribution is -0.125. The molecule has 0 radical (unpaired) electrons. The maximum atomic E-state index is 12.6. The maximum Gasteiger partial charge on any atom is 0.320 e. The Morgan fingerprint density at radius 2 is 1.59 bits per heavy atom. The summed E-state index contributed by atoms with van der Waals surface area (Å²) in [6, 6.07) is 9.69. The minimum Gasteiger partial charge on any atom is -0.369 e. The highest BCUT2D eigenvalue weighted by Gasteiger charge is 2.44. The molecule has 0 saturated carbocycles. The van der Waals surface area contributed by atoms with Gasteiger partial charge in [0.05, 0.1) is 5.41 Å². The van der Waals surface area contributed by atoms with E-state index in [2.05, 4.69) is 0 Å². The van der Waals surface area contributed by atoms with Crippen molar-refractivity contribution in [2.75, 3.05) is 26.2 Å². The third kappa shape index (κ3) is 2.56. The molecule has 2 N–H and O–H groups in total. The highest BCUT2D eigenvalue weighted by molar-refractivity contribution is 5.88. The lowest BCUT2D eigenvalue weighted by Crippen LogP contribution is -2.57. The third-order valence-corrected chi connectivity index (χ3v) is 4.94. The average Bonchev–Trinajstić information content (AvgIpc) is 3.09. The molecule has 22 heavy (non-hydrogen) atoms. The predicted octanol–water partition coefficient (Wildman–Crippen LogP) is 1.72. The van der Waals surface area contributed by atoms with Crippen LogP contribution in [0.3, 0.4) is 0 Å². The molecule has 5 heteroatoms. The Morgan fingerprint density at radius 3 is 2.23 bits per heavy atom. The molecule has 2 aliphatic rings. The number of amides is 3. The average molecular weight is 301 g/mol. The summed E-state index contributed by atoms with van der Waals surface area (Å²) in [6.45, 7) is 2.74. The Kier molecular flexibility index (Phi) is 4.05. The SMILES string of the molecule is NC(=O)[C@@]1(c2ccccc2)CCCN(C(=O)N2CCCC2)C1. The van der Waals surface area contributed by atoms with Gasteiger partial charge in [0, 0.05) is 26.2 Å². The molecular formula is C17H23N3O2. The van der Waals surface area contributed by atoms with Crippen LogP contribution >= 0.6 is 0 Å². The Morgan fingerprint density at radius 1 is 0.955 bits per heavy atom. The van der Waals surface area contributed by atoms with Crippen molar-refractivity contribution in [1.82, 2.24) is 9.80 Å². The molecule has 1 aromatic rings. The van der Waals surface area contributed by atoms with Crippen LogP contribution in [0.4, 0.5) is 4.79 Å². The van der Waals surface area contributed by atoms with E-state index in [1.54, 1.807) is 0 Å². The number of hydrogen-bond donors (Lipinski definition) is 1. The van der Waals surface area contributed by atoms with Gasteiger partial charge >= 0.3 is 6.03 Å². The van der Waals surface area contributed by atoms with Crippen LogP contribution in [0.2, 0.25) is 0 Å². The predicted molar refractivity (Wildman–Crippen MR) is 84.3 cm³/mol. The normalized spacial score (nSPS) is 25.3. The minimum atomic E-state index is -0.755. The zero-order chi connectivity index (χ0) is 15.6. The Bertz CT molecular complexity index is 554. The number of nitrogens with two attached hydrogens (primary N) is 1. The van der Waals surface area contributed by atoms with E-state index in [1.165, 1.54) is 0 Å². The van der Waals surface area contributed by atoms with Crippen LogP contribution in [0.5, 0.6) is 0 Å². The molecule has 2 fully saturated rings. The monoisotopic (exact) mass is 301 g/mol. The van der Waals surface area contributed by atoms with Crippen molar-refractivity contribution in [3.05, 3.63) is 35.9 Å². The zero-order valence-electron chi connectivity index (χ0n) is 12.8. The summed E-state index contributed by atoms with van der Waals surface area (Å²) in [6.07, 6.45) is 3.64. The van der Waals surface area contributed by atoms with Gasteiger partial charge in [-0.25, -0.2) is 4.79 Å². The second-order valence-electron chi connectivity index (χ2n) is 6.31. The van der Waals surface area contributed by atoms with Gasteiger partial charge in [-0.1, -0.05) is 30.3 Å². The quantitative estimate of drug-likeness (QED) is 0.904. The van der Waals surface area contributed by atoms with E-state index in [9.17, 15) is 9.59 Å². The van der Waals surface area contributed by atoms with Crippen molar-refractivity contribution in [2.24, 2.45) is 5.73 Å². The van der Waals surface area contributed by atoms with Gasteiger partial charge in [0.15, 0.2) is 0 Å². The fourth-order valence-electron chi connectivity index (χ4n) is 3.66. The van der Waals surface area contributed by atoms with Crippen LogP contribution in [0.1, 0.15) is 31.2 Å². The van der Waals surface area contributed by atoms with Crippen molar-refractivity contribution in [1.29, 1.82) is 0 Å². The first-order valence-corrected chi connectivity index (χ1v) is 8.03. The van der Waals surface area contributed by atoms with Gasteiger partial charge in [-0.3, -0.25) is 4.79 Å². The summed E-state index contributed by atoms with van der Waals surface area (Å²) in [5.74, 6) is -0.336. The van der Waals surface area contributed by atoms with Crippen LogP contribution in [0.15, 0.2) is 30.3 Å². The highest BCUT2D eigenvalue weighted by Crippen LogP contribution is 2.34. The molecule has 3 rings (SSSR count). The van der Waals surface area contributed by atoms with Gasteiger partial charge in [-0.15, -0.1) is 0 Å². The molecule has 0 spiro atoms. The molecular weight excluding hydrogens is 278 g/mol. The van der Waals surface area contributed by atoms with Crippen molar-refractivity contribution < 1.29 is 9.59 Å². The number of nitrogens with zero attached hydrogens (tertiary/aromatic N) is 2. The molecule has 3 amide bonds. The van der Waals surface area contributed by atoms with E-state index in [-0.39, 0.29) is 11.9 Å². The molecule has 1 aromatic carbocycles. The molecule has 0 unspecified atom stereocenters. The Hall–Kier alpha value is -2.04. The van der Waals surface area contributed by atoms with Crippen molar-refractivity contribution in [3.63, 3.8) is 0 Å². The number of piperidine rings is 1. The number of urea groups is 1. The summed E-state index contributed by atoms with van der Waals surface area (Å²) in [7, 11) is 0. The summed E-state index contributed by atoms with van der Waals surface area (Å²) < 4.78 is 0. The number of benzene rings is 1. The van der Waals surface area contributed by atoms with Gasteiger partial charge in [0.1, 0.15) is 0 Å². The van der Waals surface area contributed by atoms with Crippen LogP contribution in [-0.4, -0.2) is 47.9 Å². The van der Waals surface area contributed by atoms with E-state index in [4.69, 9.17) is 5.73 Å². The standard InChI is InChI=1S/C17H23N3O2/c18-15(21)17(14-7-2-1-3-8-14)9-6-12-20(13-17)16(22)19-10-4-5-11-19/h1-3,7-8H,4-6,9-13H2,(H2,18,21)/t17-/m0/s1. The van der Waals surface area contributed by atoms with Crippen molar-refractivity contribution in [3.8, 4) is 0 Å². The van der Waals surface area contributed by atoms with Gasteiger partial charge in [0.25, 0.3) is 0 Å². The number of carbonyl (C=O) groups excluding carboxylic acids is 2. The first kappa shape index (κ1) is 14.9. The van der Waals surface area contributed by atoms with Crippen LogP contribution in [-0.2, 0) is 10.2 Å². The topological polar surface area (TPSA) is 66.6 Å². The first-order valence-electron chi connectivity index (χ1n) is 8.03. The lowest BCUT2D eigenvalue weighted by atomic mass is 9.73. The van der Waals surface area contributed by atoms with Gasteiger partial charge in [-0.05, 0) is 31.2 Å². The Labute approximate surface area is 131 Å². The number of carbonyl (C=O) groups is 2. The Balaban J connectivity index is 1.85. The van der Waals surface area contributed by atoms with E-state index in [0.717, 1.165) is 37.9 Å². The number of primary amides is 1. The minimum absolute atomic E-state index is 0.0544. The van der Waals surface area contributed by atoms with E-state index in [0.29, 0.717) is 19.5 Å². The van der Waals surface area contributed by atoms with Gasteiger partial charge in [0.2, 0.25) is 5.91 Å². The van der Waals surface area contributed by atoms with Gasteiger partial charge < -0.3 is 15.5 Å².